The van der Waals surface area contributed by atoms with Gasteiger partial charge in [-0.05, 0) is 37.1 Å². The fourth-order valence-electron chi connectivity index (χ4n) is 1.88. The zero-order chi connectivity index (χ0) is 14.5. The molecule has 0 fully saturated rings. The summed E-state index contributed by atoms with van der Waals surface area (Å²) < 4.78 is 19.2. The number of aliphatic hydroxyl groups is 1. The van der Waals surface area contributed by atoms with Crippen molar-refractivity contribution in [2.45, 2.75) is 26.1 Å². The molecule has 1 N–H and O–H groups in total. The molecule has 4 heteroatoms. The van der Waals surface area contributed by atoms with Crippen molar-refractivity contribution in [3.63, 3.8) is 0 Å². The summed E-state index contributed by atoms with van der Waals surface area (Å²) in [6, 6.07) is 12.2. The Morgan fingerprint density at radius 2 is 1.90 bits per heavy atom. The minimum atomic E-state index is -0.445. The monoisotopic (exact) mass is 294 g/mol. The molecule has 20 heavy (non-hydrogen) atoms. The maximum atomic E-state index is 13.7. The predicted octanol–water partition coefficient (Wildman–Crippen LogP) is 3.98. The second-order valence-corrected chi connectivity index (χ2v) is 5.11. The molecule has 0 aliphatic rings. The summed E-state index contributed by atoms with van der Waals surface area (Å²) in [5.74, 6) is 0.207. The molecule has 106 valence electrons. The number of rotatable bonds is 5. The highest BCUT2D eigenvalue weighted by Gasteiger charge is 2.07. The molecule has 0 bridgehead atoms. The molecule has 2 aromatic rings. The number of benzene rings is 2. The van der Waals surface area contributed by atoms with Crippen LogP contribution in [-0.4, -0.2) is 11.2 Å². The first kappa shape index (κ1) is 14.8. The lowest BCUT2D eigenvalue weighted by molar-refractivity contribution is 0.195. The van der Waals surface area contributed by atoms with Crippen LogP contribution >= 0.6 is 11.6 Å². The van der Waals surface area contributed by atoms with Gasteiger partial charge in [-0.1, -0.05) is 35.9 Å². The number of hydrogen-bond acceptors (Lipinski definition) is 2. The number of halogens is 2. The van der Waals surface area contributed by atoms with E-state index in [0.717, 1.165) is 5.56 Å². The SMILES string of the molecule is CC(O)Cc1ccc(OCc2cccc(Cl)c2F)cc1. The van der Waals surface area contributed by atoms with Crippen molar-refractivity contribution < 1.29 is 14.2 Å². The lowest BCUT2D eigenvalue weighted by Gasteiger charge is -2.09. The molecular formula is C16H16ClFO2. The van der Waals surface area contributed by atoms with Crippen LogP contribution in [0.5, 0.6) is 5.75 Å². The van der Waals surface area contributed by atoms with Crippen molar-refractivity contribution in [3.8, 4) is 5.75 Å². The molecule has 0 saturated heterocycles. The Kier molecular flexibility index (Phi) is 4.99. The molecule has 0 spiro atoms. The van der Waals surface area contributed by atoms with Gasteiger partial charge >= 0.3 is 0 Å². The van der Waals surface area contributed by atoms with Crippen molar-refractivity contribution in [2.24, 2.45) is 0 Å². The van der Waals surface area contributed by atoms with Crippen LogP contribution in [0, 0.1) is 5.82 Å². The van der Waals surface area contributed by atoms with E-state index in [-0.39, 0.29) is 17.7 Å². The summed E-state index contributed by atoms with van der Waals surface area (Å²) in [7, 11) is 0. The number of aliphatic hydroxyl groups excluding tert-OH is 1. The van der Waals surface area contributed by atoms with E-state index < -0.39 is 5.82 Å². The summed E-state index contributed by atoms with van der Waals surface area (Å²) in [5.41, 5.74) is 1.45. The standard InChI is InChI=1S/C16H16ClFO2/c1-11(19)9-12-5-7-14(8-6-12)20-10-13-3-2-4-15(17)16(13)18/h2-8,11,19H,9-10H2,1H3. The van der Waals surface area contributed by atoms with Crippen LogP contribution in [0.1, 0.15) is 18.1 Å². The Bertz CT molecular complexity index is 567. The van der Waals surface area contributed by atoms with Gasteiger partial charge in [0.2, 0.25) is 0 Å². The molecule has 0 radical (unpaired) electrons. The summed E-state index contributed by atoms with van der Waals surface area (Å²) >= 11 is 5.71. The van der Waals surface area contributed by atoms with E-state index in [1.54, 1.807) is 31.2 Å². The smallest absolute Gasteiger partial charge is 0.148 e. The molecule has 1 unspecified atom stereocenters. The molecule has 2 aromatic carbocycles. The van der Waals surface area contributed by atoms with Gasteiger partial charge in [-0.15, -0.1) is 0 Å². The lowest BCUT2D eigenvalue weighted by atomic mass is 10.1. The van der Waals surface area contributed by atoms with Crippen LogP contribution in [0.15, 0.2) is 42.5 Å². The van der Waals surface area contributed by atoms with Gasteiger partial charge in [0.1, 0.15) is 18.2 Å². The first-order valence-corrected chi connectivity index (χ1v) is 6.77. The van der Waals surface area contributed by atoms with E-state index in [9.17, 15) is 9.50 Å². The van der Waals surface area contributed by atoms with Crippen molar-refractivity contribution in [2.75, 3.05) is 0 Å². The third-order valence-corrected chi connectivity index (χ3v) is 3.17. The minimum Gasteiger partial charge on any atom is -0.489 e. The van der Waals surface area contributed by atoms with Crippen molar-refractivity contribution in [1.29, 1.82) is 0 Å². The molecule has 2 rings (SSSR count). The van der Waals surface area contributed by atoms with Crippen LogP contribution in [0.4, 0.5) is 4.39 Å². The highest BCUT2D eigenvalue weighted by Crippen LogP contribution is 2.20. The van der Waals surface area contributed by atoms with E-state index in [2.05, 4.69) is 0 Å². The molecule has 0 saturated carbocycles. The summed E-state index contributed by atoms with van der Waals surface area (Å²) in [6.07, 6.45) is 0.228. The second-order valence-electron chi connectivity index (χ2n) is 4.70. The zero-order valence-corrected chi connectivity index (χ0v) is 11.9. The normalized spacial score (nSPS) is 12.2. The third-order valence-electron chi connectivity index (χ3n) is 2.88. The van der Waals surface area contributed by atoms with Crippen LogP contribution in [0.2, 0.25) is 5.02 Å². The third kappa shape index (κ3) is 3.95. The van der Waals surface area contributed by atoms with Gasteiger partial charge in [-0.2, -0.15) is 0 Å². The molecular weight excluding hydrogens is 279 g/mol. The maximum absolute atomic E-state index is 13.7. The number of ether oxygens (including phenoxy) is 1. The lowest BCUT2D eigenvalue weighted by Crippen LogP contribution is -2.04. The van der Waals surface area contributed by atoms with Crippen LogP contribution in [0.25, 0.3) is 0 Å². The molecule has 0 heterocycles. The van der Waals surface area contributed by atoms with Crippen LogP contribution in [-0.2, 0) is 13.0 Å². The Balaban J connectivity index is 1.99. The highest BCUT2D eigenvalue weighted by atomic mass is 35.5. The fraction of sp³-hybridized carbons (Fsp3) is 0.250. The Hall–Kier alpha value is -1.58. The summed E-state index contributed by atoms with van der Waals surface area (Å²) in [4.78, 5) is 0. The first-order valence-electron chi connectivity index (χ1n) is 6.39. The largest absolute Gasteiger partial charge is 0.489 e. The van der Waals surface area contributed by atoms with Gasteiger partial charge in [0, 0.05) is 5.56 Å². The molecule has 1 atom stereocenters. The van der Waals surface area contributed by atoms with E-state index in [4.69, 9.17) is 16.3 Å². The Labute approximate surface area is 122 Å². The Morgan fingerprint density at radius 1 is 1.20 bits per heavy atom. The van der Waals surface area contributed by atoms with Crippen LogP contribution in [0.3, 0.4) is 0 Å². The minimum absolute atomic E-state index is 0.0957. The van der Waals surface area contributed by atoms with E-state index in [1.807, 2.05) is 12.1 Å². The number of hydrogen-bond donors (Lipinski definition) is 1. The average Bonchev–Trinajstić information content (AvgIpc) is 2.41. The zero-order valence-electron chi connectivity index (χ0n) is 11.1. The predicted molar refractivity (Wildman–Crippen MR) is 77.6 cm³/mol. The second kappa shape index (κ2) is 6.73. The van der Waals surface area contributed by atoms with Gasteiger partial charge in [0.15, 0.2) is 0 Å². The van der Waals surface area contributed by atoms with Gasteiger partial charge < -0.3 is 9.84 Å². The van der Waals surface area contributed by atoms with E-state index in [0.29, 0.717) is 17.7 Å². The molecule has 0 aliphatic heterocycles. The maximum Gasteiger partial charge on any atom is 0.148 e. The Morgan fingerprint density at radius 3 is 2.55 bits per heavy atom. The summed E-state index contributed by atoms with van der Waals surface area (Å²) in [6.45, 7) is 1.87. The van der Waals surface area contributed by atoms with Crippen molar-refractivity contribution in [1.82, 2.24) is 0 Å². The molecule has 2 nitrogen and oxygen atoms in total. The highest BCUT2D eigenvalue weighted by molar-refractivity contribution is 6.30. The molecule has 0 aromatic heterocycles. The van der Waals surface area contributed by atoms with Gasteiger partial charge in [-0.3, -0.25) is 0 Å². The van der Waals surface area contributed by atoms with E-state index in [1.165, 1.54) is 6.07 Å². The fourth-order valence-corrected chi connectivity index (χ4v) is 2.08. The van der Waals surface area contributed by atoms with Crippen molar-refractivity contribution >= 4 is 11.6 Å². The average molecular weight is 295 g/mol. The topological polar surface area (TPSA) is 29.5 Å². The quantitative estimate of drug-likeness (QED) is 0.904. The first-order chi connectivity index (χ1) is 9.56. The summed E-state index contributed by atoms with van der Waals surface area (Å²) in [5, 5.41) is 9.39. The van der Waals surface area contributed by atoms with Gasteiger partial charge in [0.05, 0.1) is 11.1 Å². The molecule has 0 aliphatic carbocycles. The van der Waals surface area contributed by atoms with Gasteiger partial charge in [-0.25, -0.2) is 4.39 Å². The molecule has 0 amide bonds. The van der Waals surface area contributed by atoms with E-state index >= 15 is 0 Å². The van der Waals surface area contributed by atoms with Gasteiger partial charge in [0.25, 0.3) is 0 Å². The van der Waals surface area contributed by atoms with Crippen LogP contribution < -0.4 is 4.74 Å². The van der Waals surface area contributed by atoms with Crippen molar-refractivity contribution in [3.05, 3.63) is 64.4 Å².